The number of thioether (sulfide) groups is 1. The molecular weight excluding hydrogens is 471 g/mol. The summed E-state index contributed by atoms with van der Waals surface area (Å²) in [7, 11) is 1.52. The number of nitrogens with zero attached hydrogens (tertiary/aromatic N) is 3. The number of carbonyl (C=O) groups is 2. The second kappa shape index (κ2) is 10.6. The molecule has 0 aliphatic heterocycles. The molecule has 0 aliphatic rings. The molecule has 8 nitrogen and oxygen atoms in total. The fourth-order valence-corrected chi connectivity index (χ4v) is 3.69. The van der Waals surface area contributed by atoms with Crippen molar-refractivity contribution in [3.8, 4) is 22.8 Å². The van der Waals surface area contributed by atoms with Gasteiger partial charge in [0.2, 0.25) is 5.91 Å². The molecule has 3 aromatic rings. The van der Waals surface area contributed by atoms with E-state index >= 15 is 0 Å². The second-order valence-corrected chi connectivity index (χ2v) is 8.33. The first-order valence-corrected chi connectivity index (χ1v) is 11.1. The maximum atomic E-state index is 13.3. The minimum absolute atomic E-state index is 0.156. The topological polar surface area (TPSA) is 98.1 Å². The number of imide groups is 1. The van der Waals surface area contributed by atoms with E-state index in [-0.39, 0.29) is 28.5 Å². The van der Waals surface area contributed by atoms with Crippen LogP contribution in [0.5, 0.6) is 5.75 Å². The van der Waals surface area contributed by atoms with Crippen molar-refractivity contribution < 1.29 is 27.5 Å². The van der Waals surface area contributed by atoms with Gasteiger partial charge < -0.3 is 10.1 Å². The average molecular weight is 494 g/mol. The number of amides is 3. The molecule has 0 bridgehead atoms. The highest BCUT2D eigenvalue weighted by molar-refractivity contribution is 7.99. The Labute approximate surface area is 197 Å². The van der Waals surface area contributed by atoms with E-state index in [1.54, 1.807) is 38.1 Å². The van der Waals surface area contributed by atoms with Crippen LogP contribution < -0.4 is 15.4 Å². The number of carbonyl (C=O) groups excluding carboxylic acids is 2. The Morgan fingerprint density at radius 1 is 1.12 bits per heavy atom. The molecule has 0 saturated heterocycles. The maximum Gasteiger partial charge on any atom is 0.416 e. The molecule has 34 heavy (non-hydrogen) atoms. The number of rotatable bonds is 7. The SMILES string of the molecule is COc1ccc(-c2nnc(SCC(=O)NC(=O)NC(C)C)n2-c2cccc(C(F)(F)F)c2)cc1. The van der Waals surface area contributed by atoms with Gasteiger partial charge in [-0.1, -0.05) is 17.8 Å². The van der Waals surface area contributed by atoms with E-state index in [2.05, 4.69) is 20.8 Å². The van der Waals surface area contributed by atoms with Crippen molar-refractivity contribution in [3.05, 3.63) is 54.1 Å². The van der Waals surface area contributed by atoms with Gasteiger partial charge in [-0.15, -0.1) is 10.2 Å². The summed E-state index contributed by atoms with van der Waals surface area (Å²) in [5.74, 6) is 0.0839. The van der Waals surface area contributed by atoms with Crippen LogP contribution in [-0.4, -0.2) is 45.6 Å². The zero-order valence-electron chi connectivity index (χ0n) is 18.5. The van der Waals surface area contributed by atoms with Crippen LogP contribution in [0.15, 0.2) is 53.7 Å². The number of hydrogen-bond acceptors (Lipinski definition) is 6. The number of urea groups is 1. The van der Waals surface area contributed by atoms with Gasteiger partial charge >= 0.3 is 12.2 Å². The van der Waals surface area contributed by atoms with Crippen LogP contribution in [0.2, 0.25) is 0 Å². The maximum absolute atomic E-state index is 13.3. The zero-order valence-corrected chi connectivity index (χ0v) is 19.3. The van der Waals surface area contributed by atoms with Crippen molar-refractivity contribution in [2.24, 2.45) is 0 Å². The number of alkyl halides is 3. The van der Waals surface area contributed by atoms with Crippen LogP contribution in [0.25, 0.3) is 17.1 Å². The highest BCUT2D eigenvalue weighted by Gasteiger charge is 2.31. The Kier molecular flexibility index (Phi) is 7.82. The van der Waals surface area contributed by atoms with E-state index in [1.165, 1.54) is 23.8 Å². The third kappa shape index (κ3) is 6.28. The largest absolute Gasteiger partial charge is 0.497 e. The second-order valence-electron chi connectivity index (χ2n) is 7.38. The summed E-state index contributed by atoms with van der Waals surface area (Å²) in [5.41, 5.74) is -0.0807. The third-order valence-electron chi connectivity index (χ3n) is 4.42. The molecule has 0 atom stereocenters. The first-order chi connectivity index (χ1) is 16.1. The smallest absolute Gasteiger partial charge is 0.416 e. The monoisotopic (exact) mass is 493 g/mol. The fraction of sp³-hybridized carbons (Fsp3) is 0.273. The number of ether oxygens (including phenoxy) is 1. The van der Waals surface area contributed by atoms with Gasteiger partial charge in [0.15, 0.2) is 11.0 Å². The molecule has 0 spiro atoms. The van der Waals surface area contributed by atoms with Crippen molar-refractivity contribution in [3.63, 3.8) is 0 Å². The molecule has 0 aliphatic carbocycles. The van der Waals surface area contributed by atoms with Crippen LogP contribution in [0.1, 0.15) is 19.4 Å². The lowest BCUT2D eigenvalue weighted by molar-refractivity contribution is -0.137. The summed E-state index contributed by atoms with van der Waals surface area (Å²) < 4.78 is 46.6. The minimum atomic E-state index is -4.54. The van der Waals surface area contributed by atoms with Gasteiger partial charge in [-0.3, -0.25) is 14.7 Å². The van der Waals surface area contributed by atoms with Crippen LogP contribution >= 0.6 is 11.8 Å². The Hall–Kier alpha value is -3.54. The van der Waals surface area contributed by atoms with Crippen LogP contribution in [0.4, 0.5) is 18.0 Å². The first-order valence-electron chi connectivity index (χ1n) is 10.1. The lowest BCUT2D eigenvalue weighted by Gasteiger charge is -2.13. The summed E-state index contributed by atoms with van der Waals surface area (Å²) >= 11 is 0.939. The van der Waals surface area contributed by atoms with Gasteiger partial charge in [-0.25, -0.2) is 4.79 Å². The van der Waals surface area contributed by atoms with E-state index in [0.29, 0.717) is 11.3 Å². The van der Waals surface area contributed by atoms with Crippen LogP contribution in [0.3, 0.4) is 0 Å². The van der Waals surface area contributed by atoms with Gasteiger partial charge in [-0.2, -0.15) is 13.2 Å². The minimum Gasteiger partial charge on any atom is -0.497 e. The van der Waals surface area contributed by atoms with Crippen LogP contribution in [0, 0.1) is 0 Å². The van der Waals surface area contributed by atoms with Crippen molar-refractivity contribution in [2.75, 3.05) is 12.9 Å². The predicted molar refractivity (Wildman–Crippen MR) is 121 cm³/mol. The molecule has 1 heterocycles. The summed E-state index contributed by atoms with van der Waals surface area (Å²) in [4.78, 5) is 23.9. The summed E-state index contributed by atoms with van der Waals surface area (Å²) in [5, 5.41) is 13.1. The molecule has 3 rings (SSSR count). The number of nitrogens with one attached hydrogen (secondary N) is 2. The van der Waals surface area contributed by atoms with Gasteiger partial charge in [0.05, 0.1) is 24.1 Å². The Morgan fingerprint density at radius 2 is 1.82 bits per heavy atom. The molecule has 2 N–H and O–H groups in total. The van der Waals surface area contributed by atoms with Crippen molar-refractivity contribution >= 4 is 23.7 Å². The number of aromatic nitrogens is 3. The molecule has 12 heteroatoms. The number of benzene rings is 2. The molecule has 180 valence electrons. The van der Waals surface area contributed by atoms with E-state index in [0.717, 1.165) is 23.9 Å². The van der Waals surface area contributed by atoms with Crippen molar-refractivity contribution in [1.29, 1.82) is 0 Å². The lowest BCUT2D eigenvalue weighted by atomic mass is 10.1. The molecule has 0 fully saturated rings. The zero-order chi connectivity index (χ0) is 24.9. The number of methoxy groups -OCH3 is 1. The first kappa shape index (κ1) is 25.1. The van der Waals surface area contributed by atoms with E-state index < -0.39 is 23.7 Å². The molecule has 1 aromatic heterocycles. The third-order valence-corrected chi connectivity index (χ3v) is 5.35. The van der Waals surface area contributed by atoms with Crippen LogP contribution in [-0.2, 0) is 11.0 Å². The van der Waals surface area contributed by atoms with E-state index in [1.807, 2.05) is 0 Å². The Balaban J connectivity index is 1.95. The lowest BCUT2D eigenvalue weighted by Crippen LogP contribution is -2.43. The molecule has 0 unspecified atom stereocenters. The molecule has 2 aromatic carbocycles. The normalized spacial score (nSPS) is 11.4. The average Bonchev–Trinajstić information content (AvgIpc) is 3.20. The van der Waals surface area contributed by atoms with Gasteiger partial charge in [-0.05, 0) is 56.3 Å². The highest BCUT2D eigenvalue weighted by atomic mass is 32.2. The standard InChI is InChI=1S/C22H22F3N5O3S/c1-13(2)26-20(32)27-18(31)12-34-21-29-28-19(14-7-9-17(33-3)10-8-14)30(21)16-6-4-5-15(11-16)22(23,24)25/h4-11,13H,12H2,1-3H3,(H2,26,27,31,32). The molecule has 0 saturated carbocycles. The molecule has 3 amide bonds. The molecule has 0 radical (unpaired) electrons. The number of halogens is 3. The summed E-state index contributed by atoms with van der Waals surface area (Å²) in [6, 6.07) is 10.7. The summed E-state index contributed by atoms with van der Waals surface area (Å²) in [6.07, 6.45) is -4.54. The van der Waals surface area contributed by atoms with Crippen molar-refractivity contribution in [2.45, 2.75) is 31.2 Å². The molecular formula is C22H22F3N5O3S. The highest BCUT2D eigenvalue weighted by Crippen LogP contribution is 2.33. The summed E-state index contributed by atoms with van der Waals surface area (Å²) in [6.45, 7) is 3.49. The van der Waals surface area contributed by atoms with Crippen molar-refractivity contribution in [1.82, 2.24) is 25.4 Å². The van der Waals surface area contributed by atoms with E-state index in [4.69, 9.17) is 4.74 Å². The quantitative estimate of drug-likeness (QED) is 0.477. The Bertz CT molecular complexity index is 1160. The fourth-order valence-electron chi connectivity index (χ4n) is 2.94. The van der Waals surface area contributed by atoms with Gasteiger partial charge in [0.1, 0.15) is 5.75 Å². The van der Waals surface area contributed by atoms with Gasteiger partial charge in [0, 0.05) is 11.6 Å². The van der Waals surface area contributed by atoms with E-state index in [9.17, 15) is 22.8 Å². The van der Waals surface area contributed by atoms with Gasteiger partial charge in [0.25, 0.3) is 0 Å². The Morgan fingerprint density at radius 3 is 2.44 bits per heavy atom. The number of hydrogen-bond donors (Lipinski definition) is 2. The predicted octanol–water partition coefficient (Wildman–Crippen LogP) is 4.29.